The van der Waals surface area contributed by atoms with Gasteiger partial charge in [0.25, 0.3) is 0 Å². The van der Waals surface area contributed by atoms with Gasteiger partial charge < -0.3 is 14.9 Å². The number of tetrazole rings is 1. The third kappa shape index (κ3) is 6.92. The van der Waals surface area contributed by atoms with Crippen LogP contribution in [-0.2, 0) is 28.0 Å². The van der Waals surface area contributed by atoms with Gasteiger partial charge in [0.05, 0.1) is 18.4 Å². The summed E-state index contributed by atoms with van der Waals surface area (Å²) in [6.45, 7) is 8.48. The lowest BCUT2D eigenvalue weighted by Gasteiger charge is -2.20. The van der Waals surface area contributed by atoms with Crippen molar-refractivity contribution in [3.05, 3.63) is 65.6 Å². The van der Waals surface area contributed by atoms with E-state index in [0.29, 0.717) is 29.7 Å². The summed E-state index contributed by atoms with van der Waals surface area (Å²) >= 11 is 0. The molecule has 10 heteroatoms. The Morgan fingerprint density at radius 2 is 1.85 bits per heavy atom. The van der Waals surface area contributed by atoms with Gasteiger partial charge in [0.1, 0.15) is 5.82 Å². The van der Waals surface area contributed by atoms with Gasteiger partial charge in [-0.05, 0) is 42.3 Å². The second-order valence-electron chi connectivity index (χ2n) is 8.36. The van der Waals surface area contributed by atoms with Crippen molar-refractivity contribution in [2.24, 2.45) is 24.0 Å². The molecular weight excluding hydrogens is 434 g/mol. The maximum absolute atomic E-state index is 12.7. The summed E-state index contributed by atoms with van der Waals surface area (Å²) in [7, 11) is 1.73. The average Bonchev–Trinajstić information content (AvgIpc) is 3.26. The number of oxime groups is 1. The summed E-state index contributed by atoms with van der Waals surface area (Å²) < 4.78 is 7.16. The molecular formula is C24H31N7O3. The number of hydrogen-bond donors (Lipinski definition) is 1. The summed E-state index contributed by atoms with van der Waals surface area (Å²) in [5, 5.41) is 18.8. The van der Waals surface area contributed by atoms with Crippen LogP contribution in [0.2, 0.25) is 0 Å². The number of pyridine rings is 1. The number of anilines is 1. The molecule has 0 spiro atoms. The van der Waals surface area contributed by atoms with Crippen LogP contribution in [0.5, 0.6) is 0 Å². The van der Waals surface area contributed by atoms with E-state index in [1.807, 2.05) is 64.1 Å². The first-order chi connectivity index (χ1) is 16.3. The highest BCUT2D eigenvalue weighted by molar-refractivity contribution is 6.10. The Hall–Kier alpha value is -3.66. The summed E-state index contributed by atoms with van der Waals surface area (Å²) in [6, 6.07) is 14.9. The molecule has 0 aliphatic heterocycles. The number of carbonyl (C=O) groups excluding carboxylic acids is 1. The van der Waals surface area contributed by atoms with Crippen molar-refractivity contribution in [3.63, 3.8) is 0 Å². The van der Waals surface area contributed by atoms with Crippen molar-refractivity contribution in [1.82, 2.24) is 25.2 Å². The predicted octanol–water partition coefficient (Wildman–Crippen LogP) is 3.21. The van der Waals surface area contributed by atoms with E-state index in [0.717, 1.165) is 5.56 Å². The van der Waals surface area contributed by atoms with Crippen LogP contribution in [0.4, 0.5) is 5.82 Å². The molecule has 0 fully saturated rings. The molecule has 180 valence electrons. The van der Waals surface area contributed by atoms with Gasteiger partial charge in [-0.3, -0.25) is 4.79 Å². The quantitative estimate of drug-likeness (QED) is 0.341. The highest BCUT2D eigenvalue weighted by atomic mass is 16.6. The Bertz CT molecular complexity index is 1100. The SMILES string of the molecule is CC(C)OCC(C)C(C)C(=O)Nc1cccc(CO/N=C(/c2ccccc2)c2nnnn2C)n1. The van der Waals surface area contributed by atoms with Crippen molar-refractivity contribution in [2.45, 2.75) is 40.4 Å². The number of nitrogens with zero attached hydrogens (tertiary/aromatic N) is 6. The molecule has 0 radical (unpaired) electrons. The fraction of sp³-hybridized carbons (Fsp3) is 0.417. The van der Waals surface area contributed by atoms with Crippen LogP contribution in [0, 0.1) is 11.8 Å². The molecule has 0 aliphatic carbocycles. The highest BCUT2D eigenvalue weighted by Gasteiger charge is 2.21. The minimum Gasteiger partial charge on any atom is -0.389 e. The zero-order valence-corrected chi connectivity index (χ0v) is 20.2. The fourth-order valence-corrected chi connectivity index (χ4v) is 3.03. The molecule has 2 heterocycles. The zero-order valence-electron chi connectivity index (χ0n) is 20.2. The third-order valence-corrected chi connectivity index (χ3v) is 5.27. The van der Waals surface area contributed by atoms with Gasteiger partial charge >= 0.3 is 0 Å². The third-order valence-electron chi connectivity index (χ3n) is 5.27. The van der Waals surface area contributed by atoms with Crippen molar-refractivity contribution >= 4 is 17.4 Å². The summed E-state index contributed by atoms with van der Waals surface area (Å²) in [5.74, 6) is 0.683. The first-order valence-corrected chi connectivity index (χ1v) is 11.2. The van der Waals surface area contributed by atoms with E-state index in [2.05, 4.69) is 31.0 Å². The normalized spacial score (nSPS) is 13.5. The topological polar surface area (TPSA) is 116 Å². The molecule has 2 atom stereocenters. The molecule has 34 heavy (non-hydrogen) atoms. The van der Waals surface area contributed by atoms with Crippen LogP contribution >= 0.6 is 0 Å². The Morgan fingerprint density at radius 3 is 2.53 bits per heavy atom. The van der Waals surface area contributed by atoms with E-state index < -0.39 is 0 Å². The number of amides is 1. The number of aryl methyl sites for hydroxylation is 1. The van der Waals surface area contributed by atoms with E-state index in [-0.39, 0.29) is 30.5 Å². The Morgan fingerprint density at radius 1 is 1.09 bits per heavy atom. The van der Waals surface area contributed by atoms with E-state index in [1.54, 1.807) is 19.2 Å². The summed E-state index contributed by atoms with van der Waals surface area (Å²) in [4.78, 5) is 22.7. The first-order valence-electron chi connectivity index (χ1n) is 11.2. The van der Waals surface area contributed by atoms with Gasteiger partial charge in [-0.2, -0.15) is 0 Å². The molecule has 3 rings (SSSR count). The number of nitrogens with one attached hydrogen (secondary N) is 1. The van der Waals surface area contributed by atoms with Crippen molar-refractivity contribution in [2.75, 3.05) is 11.9 Å². The van der Waals surface area contributed by atoms with Gasteiger partial charge in [-0.15, -0.1) is 5.10 Å². The molecule has 1 N–H and O–H groups in total. The van der Waals surface area contributed by atoms with Gasteiger partial charge in [-0.1, -0.05) is 55.4 Å². The van der Waals surface area contributed by atoms with E-state index >= 15 is 0 Å². The second kappa shape index (κ2) is 12.0. The standard InChI is InChI=1S/C24H31N7O3/c1-16(2)33-14-17(3)18(4)24(32)26-21-13-9-12-20(25-21)15-34-28-22(19-10-7-6-8-11-19)23-27-29-30-31(23)5/h6-13,16-18H,14-15H2,1-5H3,(H,25,26,32)/b28-22-. The zero-order chi connectivity index (χ0) is 24.5. The maximum Gasteiger partial charge on any atom is 0.228 e. The smallest absolute Gasteiger partial charge is 0.228 e. The number of ether oxygens (including phenoxy) is 1. The minimum atomic E-state index is -0.224. The molecule has 0 bridgehead atoms. The van der Waals surface area contributed by atoms with Crippen LogP contribution < -0.4 is 5.32 Å². The number of rotatable bonds is 11. The lowest BCUT2D eigenvalue weighted by molar-refractivity contribution is -0.121. The van der Waals surface area contributed by atoms with Crippen LogP contribution in [0.1, 0.15) is 44.8 Å². The number of hydrogen-bond acceptors (Lipinski definition) is 8. The lowest BCUT2D eigenvalue weighted by atomic mass is 9.96. The molecule has 2 unspecified atom stereocenters. The Labute approximate surface area is 199 Å². The Kier molecular flexibility index (Phi) is 8.80. The van der Waals surface area contributed by atoms with Gasteiger partial charge in [0, 0.05) is 18.5 Å². The molecule has 10 nitrogen and oxygen atoms in total. The van der Waals surface area contributed by atoms with Crippen molar-refractivity contribution in [3.8, 4) is 0 Å². The van der Waals surface area contributed by atoms with Crippen LogP contribution in [-0.4, -0.2) is 49.5 Å². The molecule has 1 aromatic carbocycles. The van der Waals surface area contributed by atoms with E-state index in [9.17, 15) is 4.79 Å². The van der Waals surface area contributed by atoms with Gasteiger partial charge in [0.15, 0.2) is 12.3 Å². The molecule has 0 saturated carbocycles. The molecule has 0 saturated heterocycles. The molecule has 0 aliphatic rings. The van der Waals surface area contributed by atoms with E-state index in [1.165, 1.54) is 4.68 Å². The second-order valence-corrected chi connectivity index (χ2v) is 8.36. The largest absolute Gasteiger partial charge is 0.389 e. The summed E-state index contributed by atoms with van der Waals surface area (Å²) in [5.41, 5.74) is 1.94. The first kappa shape index (κ1) is 25.0. The van der Waals surface area contributed by atoms with Crippen LogP contribution in [0.25, 0.3) is 0 Å². The average molecular weight is 466 g/mol. The van der Waals surface area contributed by atoms with Crippen molar-refractivity contribution < 1.29 is 14.4 Å². The van der Waals surface area contributed by atoms with Crippen molar-refractivity contribution in [1.29, 1.82) is 0 Å². The molecule has 3 aromatic rings. The highest BCUT2D eigenvalue weighted by Crippen LogP contribution is 2.16. The number of aromatic nitrogens is 5. The Balaban J connectivity index is 1.65. The predicted molar refractivity (Wildman–Crippen MR) is 128 cm³/mol. The van der Waals surface area contributed by atoms with Crippen LogP contribution in [0.15, 0.2) is 53.7 Å². The lowest BCUT2D eigenvalue weighted by Crippen LogP contribution is -2.29. The molecule has 2 aromatic heterocycles. The monoisotopic (exact) mass is 465 g/mol. The minimum absolute atomic E-state index is 0.0785. The number of carbonyl (C=O) groups is 1. The van der Waals surface area contributed by atoms with E-state index in [4.69, 9.17) is 9.57 Å². The molecule has 1 amide bonds. The van der Waals surface area contributed by atoms with Crippen LogP contribution in [0.3, 0.4) is 0 Å². The number of benzene rings is 1. The van der Waals surface area contributed by atoms with Gasteiger partial charge in [0.2, 0.25) is 11.7 Å². The summed E-state index contributed by atoms with van der Waals surface area (Å²) in [6.07, 6.45) is 0.131. The van der Waals surface area contributed by atoms with Gasteiger partial charge in [-0.25, -0.2) is 9.67 Å². The fourth-order valence-electron chi connectivity index (χ4n) is 3.03. The maximum atomic E-state index is 12.7.